The lowest BCUT2D eigenvalue weighted by Crippen LogP contribution is -2.02. The van der Waals surface area contributed by atoms with Crippen molar-refractivity contribution in [3.8, 4) is 0 Å². The Bertz CT molecular complexity index is 155. The van der Waals surface area contributed by atoms with Crippen molar-refractivity contribution in [2.45, 2.75) is 40.0 Å². The first kappa shape index (κ1) is 11.2. The first-order chi connectivity index (χ1) is 5.66. The summed E-state index contributed by atoms with van der Waals surface area (Å²) >= 11 is 0. The first-order valence-corrected chi connectivity index (χ1v) is 4.48. The minimum absolute atomic E-state index is 0.217. The highest BCUT2D eigenvalue weighted by atomic mass is 16.5. The second kappa shape index (κ2) is 6.89. The van der Waals surface area contributed by atoms with Crippen LogP contribution in [0.1, 0.15) is 40.0 Å². The number of hydrogen-bond acceptors (Lipinski definition) is 2. The van der Waals surface area contributed by atoms with Crippen molar-refractivity contribution in [1.82, 2.24) is 0 Å². The zero-order valence-electron chi connectivity index (χ0n) is 8.22. The number of esters is 1. The molecule has 0 fully saturated rings. The summed E-state index contributed by atoms with van der Waals surface area (Å²) in [7, 11) is 0. The van der Waals surface area contributed by atoms with Gasteiger partial charge in [-0.1, -0.05) is 25.3 Å². The predicted octanol–water partition coefficient (Wildman–Crippen LogP) is 2.69. The number of rotatable bonds is 5. The molecule has 0 aliphatic rings. The Morgan fingerprint density at radius 3 is 2.50 bits per heavy atom. The van der Waals surface area contributed by atoms with Gasteiger partial charge < -0.3 is 4.74 Å². The highest BCUT2D eigenvalue weighted by molar-refractivity contribution is 5.82. The maximum Gasteiger partial charge on any atom is 0.330 e. The molecule has 0 aliphatic heterocycles. The molecule has 2 heteroatoms. The number of unbranched alkanes of at least 4 members (excludes halogenated alkanes) is 2. The zero-order chi connectivity index (χ0) is 9.40. The minimum atomic E-state index is -0.217. The summed E-state index contributed by atoms with van der Waals surface area (Å²) in [5.74, 6) is -0.217. The van der Waals surface area contributed by atoms with Gasteiger partial charge in [-0.15, -0.1) is 0 Å². The molecule has 0 rings (SSSR count). The van der Waals surface area contributed by atoms with Crippen molar-refractivity contribution in [2.24, 2.45) is 0 Å². The van der Waals surface area contributed by atoms with Gasteiger partial charge >= 0.3 is 5.97 Å². The van der Waals surface area contributed by atoms with Crippen LogP contribution in [0.25, 0.3) is 0 Å². The average Bonchev–Trinajstić information content (AvgIpc) is 1.97. The van der Waals surface area contributed by atoms with Crippen LogP contribution >= 0.6 is 0 Å². The Hall–Kier alpha value is -0.790. The van der Waals surface area contributed by atoms with Gasteiger partial charge in [-0.25, -0.2) is 4.79 Å². The fourth-order valence-electron chi connectivity index (χ4n) is 0.802. The topological polar surface area (TPSA) is 26.3 Å². The van der Waals surface area contributed by atoms with E-state index in [2.05, 4.69) is 6.92 Å². The molecule has 0 heterocycles. The molecule has 2 nitrogen and oxygen atoms in total. The molecule has 0 aliphatic carbocycles. The van der Waals surface area contributed by atoms with E-state index in [0.29, 0.717) is 6.61 Å². The molecule has 0 bridgehead atoms. The molecule has 0 aromatic carbocycles. The largest absolute Gasteiger partial charge is 0.463 e. The summed E-state index contributed by atoms with van der Waals surface area (Å²) in [6.45, 7) is 6.44. The van der Waals surface area contributed by atoms with Crippen LogP contribution in [-0.2, 0) is 9.53 Å². The van der Waals surface area contributed by atoms with Crippen LogP contribution in [0.3, 0.4) is 0 Å². The van der Waals surface area contributed by atoms with Crippen molar-refractivity contribution >= 4 is 5.97 Å². The monoisotopic (exact) mass is 170 g/mol. The summed E-state index contributed by atoms with van der Waals surface area (Å²) in [5.41, 5.74) is 0.982. The number of ether oxygens (including phenoxy) is 1. The van der Waals surface area contributed by atoms with Gasteiger partial charge in [-0.3, -0.25) is 0 Å². The standard InChI is InChI=1S/C10H18O2/c1-4-5-6-7-12-10(11)8-9(2)3/h8H,4-7H2,1-3H3. The van der Waals surface area contributed by atoms with Crippen molar-refractivity contribution in [3.63, 3.8) is 0 Å². The van der Waals surface area contributed by atoms with Gasteiger partial charge in [-0.05, 0) is 20.3 Å². The van der Waals surface area contributed by atoms with Crippen LogP contribution in [0.2, 0.25) is 0 Å². The van der Waals surface area contributed by atoms with E-state index >= 15 is 0 Å². The van der Waals surface area contributed by atoms with Crippen LogP contribution in [0.15, 0.2) is 11.6 Å². The van der Waals surface area contributed by atoms with Gasteiger partial charge in [0.05, 0.1) is 6.61 Å². The fourth-order valence-corrected chi connectivity index (χ4v) is 0.802. The van der Waals surface area contributed by atoms with Crippen LogP contribution in [0, 0.1) is 0 Å². The summed E-state index contributed by atoms with van der Waals surface area (Å²) < 4.78 is 4.94. The third kappa shape index (κ3) is 7.32. The highest BCUT2D eigenvalue weighted by Gasteiger charge is 1.95. The molecule has 0 aromatic rings. The van der Waals surface area contributed by atoms with Crippen molar-refractivity contribution in [3.05, 3.63) is 11.6 Å². The maximum absolute atomic E-state index is 10.9. The van der Waals surface area contributed by atoms with Crippen molar-refractivity contribution < 1.29 is 9.53 Å². The van der Waals surface area contributed by atoms with Gasteiger partial charge in [0.2, 0.25) is 0 Å². The van der Waals surface area contributed by atoms with Gasteiger partial charge in [0.25, 0.3) is 0 Å². The van der Waals surface area contributed by atoms with Gasteiger partial charge in [0, 0.05) is 6.08 Å². The Morgan fingerprint density at radius 1 is 1.33 bits per heavy atom. The third-order valence-corrected chi connectivity index (χ3v) is 1.40. The second-order valence-corrected chi connectivity index (χ2v) is 3.10. The number of hydrogen-bond donors (Lipinski definition) is 0. The quantitative estimate of drug-likeness (QED) is 0.360. The Labute approximate surface area is 74.6 Å². The zero-order valence-corrected chi connectivity index (χ0v) is 8.22. The van der Waals surface area contributed by atoms with Crippen LogP contribution in [0.5, 0.6) is 0 Å². The SMILES string of the molecule is CCCCCOC(=O)C=C(C)C. The third-order valence-electron chi connectivity index (χ3n) is 1.40. The van der Waals surface area contributed by atoms with Crippen molar-refractivity contribution in [2.75, 3.05) is 6.61 Å². The first-order valence-electron chi connectivity index (χ1n) is 4.48. The van der Waals surface area contributed by atoms with E-state index in [-0.39, 0.29) is 5.97 Å². The smallest absolute Gasteiger partial charge is 0.330 e. The Morgan fingerprint density at radius 2 is 2.00 bits per heavy atom. The fraction of sp³-hybridized carbons (Fsp3) is 0.700. The number of allylic oxidation sites excluding steroid dienone is 1. The second-order valence-electron chi connectivity index (χ2n) is 3.10. The van der Waals surface area contributed by atoms with Gasteiger partial charge in [0.15, 0.2) is 0 Å². The van der Waals surface area contributed by atoms with Crippen LogP contribution in [0.4, 0.5) is 0 Å². The maximum atomic E-state index is 10.9. The molecule has 0 N–H and O–H groups in total. The van der Waals surface area contributed by atoms with E-state index < -0.39 is 0 Å². The summed E-state index contributed by atoms with van der Waals surface area (Å²) in [6.07, 6.45) is 4.77. The molecule has 0 unspecified atom stereocenters. The molecule has 0 radical (unpaired) electrons. The van der Waals surface area contributed by atoms with Crippen LogP contribution < -0.4 is 0 Å². The minimum Gasteiger partial charge on any atom is -0.463 e. The van der Waals surface area contributed by atoms with E-state index in [0.717, 1.165) is 24.8 Å². The van der Waals surface area contributed by atoms with Crippen molar-refractivity contribution in [1.29, 1.82) is 0 Å². The lowest BCUT2D eigenvalue weighted by molar-refractivity contribution is -0.137. The van der Waals surface area contributed by atoms with Gasteiger partial charge in [0.1, 0.15) is 0 Å². The molecule has 12 heavy (non-hydrogen) atoms. The molecule has 0 spiro atoms. The lowest BCUT2D eigenvalue weighted by Gasteiger charge is -2.00. The molecule has 0 aromatic heterocycles. The molecule has 0 saturated carbocycles. The normalized spacial score (nSPS) is 9.25. The Balaban J connectivity index is 3.39. The summed E-state index contributed by atoms with van der Waals surface area (Å²) in [6, 6.07) is 0. The predicted molar refractivity (Wildman–Crippen MR) is 49.9 cm³/mol. The highest BCUT2D eigenvalue weighted by Crippen LogP contribution is 1.96. The van der Waals surface area contributed by atoms with E-state index in [1.54, 1.807) is 0 Å². The molecule has 0 atom stereocenters. The average molecular weight is 170 g/mol. The van der Waals surface area contributed by atoms with E-state index in [1.165, 1.54) is 6.08 Å². The van der Waals surface area contributed by atoms with E-state index in [1.807, 2.05) is 13.8 Å². The van der Waals surface area contributed by atoms with Crippen LogP contribution in [-0.4, -0.2) is 12.6 Å². The molecule has 0 amide bonds. The Kier molecular flexibility index (Phi) is 6.44. The lowest BCUT2D eigenvalue weighted by atomic mass is 10.3. The van der Waals surface area contributed by atoms with E-state index in [4.69, 9.17) is 4.74 Å². The van der Waals surface area contributed by atoms with Gasteiger partial charge in [-0.2, -0.15) is 0 Å². The summed E-state index contributed by atoms with van der Waals surface area (Å²) in [5, 5.41) is 0. The molecular weight excluding hydrogens is 152 g/mol. The summed E-state index contributed by atoms with van der Waals surface area (Å²) in [4.78, 5) is 10.9. The number of carbonyl (C=O) groups excluding carboxylic acids is 1. The van der Waals surface area contributed by atoms with E-state index in [9.17, 15) is 4.79 Å². The number of carbonyl (C=O) groups is 1. The molecular formula is C10H18O2. The molecule has 0 saturated heterocycles. The molecule has 70 valence electrons.